The fourth-order valence-corrected chi connectivity index (χ4v) is 4.33. The standard InChI is InChI=1S/C12H15NO4S2/c1-12(2)8(11(16)17)13-9(15)7(10(13)19-12)4-6(14)5-18-3/h4,8,10H,5H2,1-3H3,(H,16,17)/b7-4+/t8-,10+/m0/s1. The Balaban J connectivity index is 2.24. The van der Waals surface area contributed by atoms with Crippen LogP contribution in [0.1, 0.15) is 13.8 Å². The predicted molar refractivity (Wildman–Crippen MR) is 75.2 cm³/mol. The van der Waals surface area contributed by atoms with Gasteiger partial charge in [-0.05, 0) is 26.2 Å². The van der Waals surface area contributed by atoms with Gasteiger partial charge in [0.05, 0.1) is 11.3 Å². The number of hydrogen-bond acceptors (Lipinski definition) is 5. The third-order valence-electron chi connectivity index (χ3n) is 3.19. The molecule has 2 atom stereocenters. The Bertz CT molecular complexity index is 486. The molecule has 2 saturated heterocycles. The number of amides is 1. The molecule has 0 radical (unpaired) electrons. The Morgan fingerprint density at radius 2 is 2.16 bits per heavy atom. The van der Waals surface area contributed by atoms with Gasteiger partial charge < -0.3 is 10.0 Å². The van der Waals surface area contributed by atoms with E-state index in [2.05, 4.69) is 0 Å². The van der Waals surface area contributed by atoms with E-state index in [9.17, 15) is 19.5 Å². The summed E-state index contributed by atoms with van der Waals surface area (Å²) in [6.45, 7) is 3.62. The number of carbonyl (C=O) groups is 3. The van der Waals surface area contributed by atoms with E-state index in [4.69, 9.17) is 0 Å². The summed E-state index contributed by atoms with van der Waals surface area (Å²) in [7, 11) is 0. The molecule has 0 aromatic rings. The Morgan fingerprint density at radius 3 is 2.68 bits per heavy atom. The van der Waals surface area contributed by atoms with E-state index >= 15 is 0 Å². The summed E-state index contributed by atoms with van der Waals surface area (Å²) in [6.07, 6.45) is 3.19. The van der Waals surface area contributed by atoms with Gasteiger partial charge in [0.2, 0.25) is 0 Å². The molecule has 7 heteroatoms. The molecule has 5 nitrogen and oxygen atoms in total. The van der Waals surface area contributed by atoms with E-state index in [0.29, 0.717) is 11.3 Å². The van der Waals surface area contributed by atoms with Crippen LogP contribution in [0.3, 0.4) is 0 Å². The Morgan fingerprint density at radius 1 is 1.53 bits per heavy atom. The maximum atomic E-state index is 12.0. The summed E-state index contributed by atoms with van der Waals surface area (Å²) in [5.41, 5.74) is 0.431. The van der Waals surface area contributed by atoms with E-state index in [1.54, 1.807) is 0 Å². The zero-order chi connectivity index (χ0) is 14.4. The largest absolute Gasteiger partial charge is 0.480 e. The van der Waals surface area contributed by atoms with Gasteiger partial charge in [0.25, 0.3) is 5.91 Å². The molecular formula is C12H15NO4S2. The van der Waals surface area contributed by atoms with Crippen molar-refractivity contribution in [1.82, 2.24) is 4.90 Å². The molecule has 2 aliphatic heterocycles. The fraction of sp³-hybridized carbons (Fsp3) is 0.583. The smallest absolute Gasteiger partial charge is 0.327 e. The minimum absolute atomic E-state index is 0.104. The van der Waals surface area contributed by atoms with Crippen molar-refractivity contribution in [3.8, 4) is 0 Å². The molecule has 1 N–H and O–H groups in total. The van der Waals surface area contributed by atoms with Crippen LogP contribution in [0.4, 0.5) is 0 Å². The maximum absolute atomic E-state index is 12.0. The number of rotatable bonds is 4. The molecule has 2 aliphatic rings. The molecule has 0 unspecified atom stereocenters. The van der Waals surface area contributed by atoms with Crippen molar-refractivity contribution in [3.63, 3.8) is 0 Å². The fourth-order valence-electron chi connectivity index (χ4n) is 2.41. The van der Waals surface area contributed by atoms with Gasteiger partial charge in [0.1, 0.15) is 11.4 Å². The summed E-state index contributed by atoms with van der Waals surface area (Å²) in [5, 5.41) is 8.95. The average molecular weight is 301 g/mol. The molecule has 19 heavy (non-hydrogen) atoms. The van der Waals surface area contributed by atoms with E-state index in [0.717, 1.165) is 0 Å². The number of hydrogen-bond donors (Lipinski definition) is 1. The van der Waals surface area contributed by atoms with Gasteiger partial charge in [-0.2, -0.15) is 11.8 Å². The number of β-lactam (4-membered cyclic amide) rings is 1. The van der Waals surface area contributed by atoms with Crippen LogP contribution >= 0.6 is 23.5 Å². The topological polar surface area (TPSA) is 74.7 Å². The lowest BCUT2D eigenvalue weighted by Gasteiger charge is -2.38. The summed E-state index contributed by atoms with van der Waals surface area (Å²) in [5.74, 6) is -1.10. The third kappa shape index (κ3) is 2.29. The summed E-state index contributed by atoms with van der Waals surface area (Å²) in [4.78, 5) is 36.2. The molecule has 104 valence electrons. The molecule has 1 amide bonds. The van der Waals surface area contributed by atoms with Crippen LogP contribution in [0.15, 0.2) is 11.6 Å². The van der Waals surface area contributed by atoms with Crippen molar-refractivity contribution in [2.75, 3.05) is 12.0 Å². The Labute approximate surface area is 119 Å². The molecule has 2 heterocycles. The number of allylic oxidation sites excluding steroid dienone is 1. The SMILES string of the molecule is CSCC(=O)/C=C1\C(=O)N2[C@@H]1SC(C)(C)[C@@H]2C(=O)O. The highest BCUT2D eigenvalue weighted by Gasteiger charge is 2.61. The van der Waals surface area contributed by atoms with Crippen molar-refractivity contribution in [1.29, 1.82) is 0 Å². The van der Waals surface area contributed by atoms with Gasteiger partial charge in [0, 0.05) is 4.75 Å². The van der Waals surface area contributed by atoms with Crippen LogP contribution in [0.5, 0.6) is 0 Å². The van der Waals surface area contributed by atoms with E-state index in [1.807, 2.05) is 20.1 Å². The number of ketones is 1. The van der Waals surface area contributed by atoms with Crippen molar-refractivity contribution in [2.45, 2.75) is 30.0 Å². The van der Waals surface area contributed by atoms with Gasteiger partial charge in [-0.15, -0.1) is 11.8 Å². The molecule has 0 spiro atoms. The first-order valence-corrected chi connectivity index (χ1v) is 8.03. The van der Waals surface area contributed by atoms with E-state index < -0.39 is 16.8 Å². The second kappa shape index (κ2) is 4.86. The van der Waals surface area contributed by atoms with Crippen LogP contribution < -0.4 is 0 Å². The number of carboxylic acid groups (broad SMARTS) is 1. The van der Waals surface area contributed by atoms with Crippen molar-refractivity contribution in [2.24, 2.45) is 0 Å². The number of aliphatic carboxylic acids is 1. The molecular weight excluding hydrogens is 286 g/mol. The third-order valence-corrected chi connectivity index (χ3v) is 5.30. The highest BCUT2D eigenvalue weighted by Crippen LogP contribution is 2.52. The summed E-state index contributed by atoms with van der Waals surface area (Å²) < 4.78 is -0.551. The lowest BCUT2D eigenvalue weighted by Crippen LogP contribution is -2.58. The number of fused-ring (bicyclic) bond motifs is 1. The zero-order valence-electron chi connectivity index (χ0n) is 10.9. The molecule has 2 fully saturated rings. The number of carbonyl (C=O) groups excluding carboxylic acids is 2. The molecule has 2 rings (SSSR count). The maximum Gasteiger partial charge on any atom is 0.327 e. The van der Waals surface area contributed by atoms with Crippen LogP contribution in [0.2, 0.25) is 0 Å². The van der Waals surface area contributed by atoms with Crippen molar-refractivity contribution < 1.29 is 19.5 Å². The predicted octanol–water partition coefficient (Wildman–Crippen LogP) is 0.992. The first-order valence-electron chi connectivity index (χ1n) is 5.76. The number of thioether (sulfide) groups is 2. The van der Waals surface area contributed by atoms with E-state index in [1.165, 1.54) is 34.5 Å². The Kier molecular flexibility index (Phi) is 3.70. The molecule has 0 saturated carbocycles. The highest BCUT2D eigenvalue weighted by atomic mass is 32.2. The summed E-state index contributed by atoms with van der Waals surface area (Å²) in [6, 6.07) is -0.831. The quantitative estimate of drug-likeness (QED) is 0.616. The molecule has 0 aromatic carbocycles. The average Bonchev–Trinajstić information content (AvgIpc) is 2.55. The number of nitrogens with zero attached hydrogens (tertiary/aromatic N) is 1. The van der Waals surface area contributed by atoms with Crippen LogP contribution in [0.25, 0.3) is 0 Å². The second-order valence-corrected chi connectivity index (χ2v) is 7.63. The van der Waals surface area contributed by atoms with Gasteiger partial charge in [-0.1, -0.05) is 0 Å². The van der Waals surface area contributed by atoms with Crippen LogP contribution in [0, 0.1) is 0 Å². The minimum atomic E-state index is -0.997. The highest BCUT2D eigenvalue weighted by molar-refractivity contribution is 8.02. The normalized spacial score (nSPS) is 30.2. The van der Waals surface area contributed by atoms with Crippen LogP contribution in [-0.4, -0.2) is 55.8 Å². The van der Waals surface area contributed by atoms with Crippen molar-refractivity contribution >= 4 is 41.2 Å². The first-order chi connectivity index (χ1) is 8.79. The Hall–Kier alpha value is -0.950. The molecule has 0 aliphatic carbocycles. The molecule has 0 bridgehead atoms. The zero-order valence-corrected chi connectivity index (χ0v) is 12.5. The lowest BCUT2D eigenvalue weighted by molar-refractivity contribution is -0.152. The van der Waals surface area contributed by atoms with Gasteiger partial charge >= 0.3 is 5.97 Å². The van der Waals surface area contributed by atoms with Crippen molar-refractivity contribution in [3.05, 3.63) is 11.6 Å². The minimum Gasteiger partial charge on any atom is -0.480 e. The number of carboxylic acids is 1. The lowest BCUT2D eigenvalue weighted by atomic mass is 9.95. The van der Waals surface area contributed by atoms with E-state index in [-0.39, 0.29) is 17.1 Å². The summed E-state index contributed by atoms with van der Waals surface area (Å²) >= 11 is 2.82. The van der Waals surface area contributed by atoms with Crippen LogP contribution in [-0.2, 0) is 14.4 Å². The second-order valence-electron chi connectivity index (χ2n) is 5.03. The van der Waals surface area contributed by atoms with Gasteiger partial charge in [-0.25, -0.2) is 4.79 Å². The van der Waals surface area contributed by atoms with Gasteiger partial charge in [0.15, 0.2) is 5.78 Å². The first kappa shape index (κ1) is 14.5. The monoisotopic (exact) mass is 301 g/mol. The van der Waals surface area contributed by atoms with Gasteiger partial charge in [-0.3, -0.25) is 9.59 Å². The molecule has 0 aromatic heterocycles.